The first-order valence-corrected chi connectivity index (χ1v) is 5.38. The van der Waals surface area contributed by atoms with Crippen LogP contribution in [-0.4, -0.2) is 0 Å². The van der Waals surface area contributed by atoms with E-state index < -0.39 is 0 Å². The van der Waals surface area contributed by atoms with Crippen LogP contribution >= 0.6 is 0 Å². The minimum atomic E-state index is 0.863. The summed E-state index contributed by atoms with van der Waals surface area (Å²) in [6.07, 6.45) is 13.4. The van der Waals surface area contributed by atoms with Crippen LogP contribution in [0.4, 0.5) is 0 Å². The molecule has 1 aromatic rings. The second kappa shape index (κ2) is 6.27. The number of unbranched alkanes of at least 4 members (excludes halogenated alkanes) is 3. The third-order valence-electron chi connectivity index (χ3n) is 2.42. The summed E-state index contributed by atoms with van der Waals surface area (Å²) in [7, 11) is 0. The van der Waals surface area contributed by atoms with Crippen LogP contribution < -0.4 is 0 Å². The van der Waals surface area contributed by atoms with E-state index in [1.807, 2.05) is 12.1 Å². The molecule has 0 bridgehead atoms. The highest BCUT2D eigenvalue weighted by Gasteiger charge is 1.91. The average Bonchev–Trinajstić information content (AvgIpc) is 2.25. The van der Waals surface area contributed by atoms with E-state index in [1.54, 1.807) is 0 Å². The Balaban J connectivity index is 2.33. The molecule has 0 aliphatic heterocycles. The lowest BCUT2D eigenvalue weighted by molar-refractivity contribution is 0.667. The summed E-state index contributed by atoms with van der Waals surface area (Å²) in [6.45, 7) is 2.23. The normalized spacial score (nSPS) is 9.71. The van der Waals surface area contributed by atoms with E-state index in [-0.39, 0.29) is 0 Å². The summed E-state index contributed by atoms with van der Waals surface area (Å²) in [6, 6.07) is 8.12. The summed E-state index contributed by atoms with van der Waals surface area (Å²) in [5, 5.41) is 0. The molecule has 0 fully saturated rings. The molecular formula is C14H17-. The molecule has 0 unspecified atom stereocenters. The average molecular weight is 185 g/mol. The monoisotopic (exact) mass is 185 g/mol. The SMILES string of the molecule is [C-]#Cc1ccc(CCCCCC)cc1. The van der Waals surface area contributed by atoms with E-state index in [1.165, 1.54) is 31.2 Å². The van der Waals surface area contributed by atoms with Crippen molar-refractivity contribution in [2.75, 3.05) is 0 Å². The second-order valence-electron chi connectivity index (χ2n) is 3.63. The van der Waals surface area contributed by atoms with Crippen LogP contribution in [-0.2, 0) is 6.42 Å². The van der Waals surface area contributed by atoms with Crippen LogP contribution in [0.3, 0.4) is 0 Å². The van der Waals surface area contributed by atoms with Crippen LogP contribution in [0.25, 0.3) is 0 Å². The van der Waals surface area contributed by atoms with E-state index in [0.29, 0.717) is 0 Å². The molecule has 0 spiro atoms. The van der Waals surface area contributed by atoms with Crippen LogP contribution in [0.5, 0.6) is 0 Å². The molecule has 0 atom stereocenters. The first kappa shape index (κ1) is 10.9. The van der Waals surface area contributed by atoms with Gasteiger partial charge < -0.3 is 6.42 Å². The fourth-order valence-electron chi connectivity index (χ4n) is 1.51. The molecule has 0 heteroatoms. The highest BCUT2D eigenvalue weighted by Crippen LogP contribution is 2.08. The van der Waals surface area contributed by atoms with E-state index in [4.69, 9.17) is 6.42 Å². The lowest BCUT2D eigenvalue weighted by atomic mass is 10.0. The molecule has 0 heterocycles. The Morgan fingerprint density at radius 3 is 2.36 bits per heavy atom. The van der Waals surface area contributed by atoms with Gasteiger partial charge in [-0.2, -0.15) is 0 Å². The predicted octanol–water partition coefficient (Wildman–Crippen LogP) is 3.75. The molecular weight excluding hydrogens is 168 g/mol. The summed E-state index contributed by atoms with van der Waals surface area (Å²) in [5.41, 5.74) is 2.24. The van der Waals surface area contributed by atoms with E-state index in [0.717, 1.165) is 12.0 Å². The van der Waals surface area contributed by atoms with Crippen molar-refractivity contribution < 1.29 is 0 Å². The molecule has 1 aromatic carbocycles. The van der Waals surface area contributed by atoms with Gasteiger partial charge in [0.05, 0.1) is 0 Å². The summed E-state index contributed by atoms with van der Waals surface area (Å²) in [4.78, 5) is 0. The van der Waals surface area contributed by atoms with Gasteiger partial charge in [-0.05, 0) is 12.8 Å². The van der Waals surface area contributed by atoms with Gasteiger partial charge in [-0.15, -0.1) is 17.7 Å². The van der Waals surface area contributed by atoms with Crippen LogP contribution in [0.1, 0.15) is 43.7 Å². The molecule has 0 N–H and O–H groups in total. The van der Waals surface area contributed by atoms with E-state index >= 15 is 0 Å². The number of rotatable bonds is 5. The quantitative estimate of drug-likeness (QED) is 0.372. The Morgan fingerprint density at radius 2 is 1.79 bits per heavy atom. The minimum absolute atomic E-state index is 0.863. The van der Waals surface area contributed by atoms with Crippen molar-refractivity contribution in [2.45, 2.75) is 39.0 Å². The highest BCUT2D eigenvalue weighted by molar-refractivity contribution is 5.32. The molecule has 74 valence electrons. The predicted molar refractivity (Wildman–Crippen MR) is 60.5 cm³/mol. The molecule has 0 aliphatic rings. The molecule has 0 aliphatic carbocycles. The standard InChI is InChI=1S/C14H17/c1-3-5-6-7-8-14-11-9-13(4-2)10-12-14/h9-12H,3,5-8H2,1H3/q-1. The molecule has 0 nitrogen and oxygen atoms in total. The fraction of sp³-hybridized carbons (Fsp3) is 0.429. The Bertz CT molecular complexity index is 287. The maximum atomic E-state index is 6.96. The first-order chi connectivity index (χ1) is 6.86. The zero-order valence-electron chi connectivity index (χ0n) is 8.84. The van der Waals surface area contributed by atoms with Gasteiger partial charge in [0, 0.05) is 0 Å². The highest BCUT2D eigenvalue weighted by atomic mass is 14.0. The Labute approximate surface area is 87.4 Å². The van der Waals surface area contributed by atoms with Crippen LogP contribution in [0.2, 0.25) is 0 Å². The Kier molecular flexibility index (Phi) is 4.86. The van der Waals surface area contributed by atoms with Crippen LogP contribution in [0, 0.1) is 12.3 Å². The first-order valence-electron chi connectivity index (χ1n) is 5.38. The van der Waals surface area contributed by atoms with E-state index in [2.05, 4.69) is 25.0 Å². The van der Waals surface area contributed by atoms with Crippen molar-refractivity contribution in [1.29, 1.82) is 0 Å². The molecule has 0 amide bonds. The smallest absolute Gasteiger partial charge is 0.0280 e. The summed E-state index contributed by atoms with van der Waals surface area (Å²) >= 11 is 0. The van der Waals surface area contributed by atoms with Crippen molar-refractivity contribution in [2.24, 2.45) is 0 Å². The maximum Gasteiger partial charge on any atom is -0.0280 e. The third kappa shape index (κ3) is 3.66. The number of hydrogen-bond donors (Lipinski definition) is 0. The second-order valence-corrected chi connectivity index (χ2v) is 3.63. The largest absolute Gasteiger partial charge is 0.366 e. The summed E-state index contributed by atoms with van der Waals surface area (Å²) < 4.78 is 0. The molecule has 14 heavy (non-hydrogen) atoms. The van der Waals surface area contributed by atoms with Gasteiger partial charge >= 0.3 is 0 Å². The van der Waals surface area contributed by atoms with Crippen molar-refractivity contribution >= 4 is 0 Å². The molecule has 0 radical (unpaired) electrons. The van der Waals surface area contributed by atoms with Crippen molar-refractivity contribution in [3.8, 4) is 5.92 Å². The van der Waals surface area contributed by atoms with Gasteiger partial charge in [0.1, 0.15) is 0 Å². The molecule has 0 saturated heterocycles. The van der Waals surface area contributed by atoms with Gasteiger partial charge in [0.25, 0.3) is 0 Å². The van der Waals surface area contributed by atoms with Crippen LogP contribution in [0.15, 0.2) is 24.3 Å². The third-order valence-corrected chi connectivity index (χ3v) is 2.42. The van der Waals surface area contributed by atoms with Gasteiger partial charge in [-0.25, -0.2) is 0 Å². The number of aryl methyl sites for hydroxylation is 1. The number of benzene rings is 1. The van der Waals surface area contributed by atoms with Crippen molar-refractivity contribution in [1.82, 2.24) is 0 Å². The van der Waals surface area contributed by atoms with Crippen molar-refractivity contribution in [3.63, 3.8) is 0 Å². The van der Waals surface area contributed by atoms with Crippen molar-refractivity contribution in [3.05, 3.63) is 41.8 Å². The lowest BCUT2D eigenvalue weighted by Gasteiger charge is -2.04. The molecule has 0 saturated carbocycles. The lowest BCUT2D eigenvalue weighted by Crippen LogP contribution is -1.85. The Hall–Kier alpha value is -1.22. The molecule has 1 rings (SSSR count). The fourth-order valence-corrected chi connectivity index (χ4v) is 1.51. The number of hydrogen-bond acceptors (Lipinski definition) is 0. The topological polar surface area (TPSA) is 0 Å². The minimum Gasteiger partial charge on any atom is -0.366 e. The van der Waals surface area contributed by atoms with Gasteiger partial charge in [-0.3, -0.25) is 5.92 Å². The van der Waals surface area contributed by atoms with Gasteiger partial charge in [-0.1, -0.05) is 43.9 Å². The van der Waals surface area contributed by atoms with Gasteiger partial charge in [0.15, 0.2) is 0 Å². The molecule has 0 aromatic heterocycles. The Morgan fingerprint density at radius 1 is 1.07 bits per heavy atom. The zero-order valence-corrected chi connectivity index (χ0v) is 8.84. The van der Waals surface area contributed by atoms with E-state index in [9.17, 15) is 0 Å². The zero-order chi connectivity index (χ0) is 10.2. The van der Waals surface area contributed by atoms with Gasteiger partial charge in [0.2, 0.25) is 0 Å². The summed E-state index contributed by atoms with van der Waals surface area (Å²) in [5.74, 6) is 2.38. The maximum absolute atomic E-state index is 6.96.